The summed E-state index contributed by atoms with van der Waals surface area (Å²) in [6, 6.07) is 11.4. The summed E-state index contributed by atoms with van der Waals surface area (Å²) in [5.74, 6) is -0.884. The standard InChI is InChI=1S/C22H21FN2O4S/c1-13(2)11-17-21(26)19(20-16-5-3-4-6-18(16)30(28,29)24-20)22(27)25(17)12-14-7-9-15(23)10-8-14/h3-10,13,17,26H,11-12H2,1-2H3/t17-/m1/s1. The summed E-state index contributed by atoms with van der Waals surface area (Å²) in [6.45, 7) is 4.10. The first-order valence-corrected chi connectivity index (χ1v) is 11.1. The van der Waals surface area contributed by atoms with Crippen LogP contribution in [0, 0.1) is 11.7 Å². The molecule has 0 unspecified atom stereocenters. The van der Waals surface area contributed by atoms with E-state index in [-0.39, 0.29) is 40.2 Å². The molecule has 0 bridgehead atoms. The second-order valence-corrected chi connectivity index (χ2v) is 9.45. The number of benzene rings is 2. The molecule has 0 aromatic heterocycles. The Hall–Kier alpha value is -3.00. The second-order valence-electron chi connectivity index (χ2n) is 7.88. The average molecular weight is 428 g/mol. The van der Waals surface area contributed by atoms with E-state index in [1.54, 1.807) is 30.3 Å². The van der Waals surface area contributed by atoms with Gasteiger partial charge in [0.15, 0.2) is 0 Å². The summed E-state index contributed by atoms with van der Waals surface area (Å²) >= 11 is 0. The van der Waals surface area contributed by atoms with Crippen LogP contribution in [0.15, 0.2) is 69.2 Å². The lowest BCUT2D eigenvalue weighted by Crippen LogP contribution is -2.36. The highest BCUT2D eigenvalue weighted by molar-refractivity contribution is 7.90. The van der Waals surface area contributed by atoms with Crippen molar-refractivity contribution in [2.75, 3.05) is 0 Å². The number of sulfonamides is 1. The highest BCUT2D eigenvalue weighted by Crippen LogP contribution is 2.36. The third-order valence-electron chi connectivity index (χ3n) is 5.25. The number of halogens is 1. The summed E-state index contributed by atoms with van der Waals surface area (Å²) in [5, 5.41) is 11.0. The molecule has 2 aliphatic rings. The van der Waals surface area contributed by atoms with Crippen LogP contribution in [0.1, 0.15) is 31.4 Å². The Morgan fingerprint density at radius 2 is 1.80 bits per heavy atom. The van der Waals surface area contributed by atoms with E-state index in [4.69, 9.17) is 0 Å². The summed E-state index contributed by atoms with van der Waals surface area (Å²) in [5.41, 5.74) is 0.896. The Balaban J connectivity index is 1.77. The smallest absolute Gasteiger partial charge is 0.283 e. The molecule has 0 fully saturated rings. The highest BCUT2D eigenvalue weighted by Gasteiger charge is 2.44. The van der Waals surface area contributed by atoms with Crippen LogP contribution in [0.4, 0.5) is 4.39 Å². The van der Waals surface area contributed by atoms with Gasteiger partial charge in [0, 0.05) is 12.1 Å². The molecule has 6 nitrogen and oxygen atoms in total. The van der Waals surface area contributed by atoms with E-state index in [1.165, 1.54) is 23.1 Å². The van der Waals surface area contributed by atoms with Crippen molar-refractivity contribution in [1.29, 1.82) is 0 Å². The largest absolute Gasteiger partial charge is 0.509 e. The Morgan fingerprint density at radius 3 is 2.47 bits per heavy atom. The van der Waals surface area contributed by atoms with Gasteiger partial charge in [0.25, 0.3) is 15.9 Å². The fourth-order valence-corrected chi connectivity index (χ4v) is 5.09. The fraction of sp³-hybridized carbons (Fsp3) is 0.273. The number of hydrogen-bond donors (Lipinski definition) is 1. The monoisotopic (exact) mass is 428 g/mol. The lowest BCUT2D eigenvalue weighted by atomic mass is 9.98. The van der Waals surface area contributed by atoms with E-state index in [2.05, 4.69) is 4.40 Å². The van der Waals surface area contributed by atoms with Gasteiger partial charge in [-0.25, -0.2) is 4.39 Å². The van der Waals surface area contributed by atoms with E-state index in [0.29, 0.717) is 17.5 Å². The van der Waals surface area contributed by atoms with Crippen LogP contribution >= 0.6 is 0 Å². The fourth-order valence-electron chi connectivity index (χ4n) is 3.87. The normalized spacial score (nSPS) is 20.1. The van der Waals surface area contributed by atoms with Crippen molar-refractivity contribution >= 4 is 21.6 Å². The van der Waals surface area contributed by atoms with Gasteiger partial charge in [-0.3, -0.25) is 4.79 Å². The van der Waals surface area contributed by atoms with Crippen molar-refractivity contribution in [2.24, 2.45) is 10.3 Å². The minimum atomic E-state index is -3.93. The Bertz CT molecular complexity index is 1180. The van der Waals surface area contributed by atoms with Gasteiger partial charge >= 0.3 is 0 Å². The molecule has 2 aromatic rings. The SMILES string of the molecule is CC(C)C[C@@H]1C(O)=C(C2=NS(=O)(=O)c3ccccc32)C(=O)N1Cc1ccc(F)cc1. The molecule has 0 aliphatic carbocycles. The average Bonchev–Trinajstić information content (AvgIpc) is 3.08. The van der Waals surface area contributed by atoms with E-state index < -0.39 is 22.0 Å². The van der Waals surface area contributed by atoms with Crippen molar-refractivity contribution in [3.8, 4) is 0 Å². The van der Waals surface area contributed by atoms with Crippen molar-refractivity contribution in [2.45, 2.75) is 37.8 Å². The van der Waals surface area contributed by atoms with Gasteiger partial charge < -0.3 is 10.0 Å². The molecule has 156 valence electrons. The Labute approximate surface area is 174 Å². The summed E-state index contributed by atoms with van der Waals surface area (Å²) in [4.78, 5) is 14.9. The lowest BCUT2D eigenvalue weighted by Gasteiger charge is -2.26. The molecule has 2 aliphatic heterocycles. The maximum Gasteiger partial charge on any atom is 0.283 e. The predicted molar refractivity (Wildman–Crippen MR) is 110 cm³/mol. The van der Waals surface area contributed by atoms with Gasteiger partial charge in [-0.05, 0) is 36.1 Å². The number of carbonyl (C=O) groups excluding carboxylic acids is 1. The minimum Gasteiger partial charge on any atom is -0.509 e. The maximum absolute atomic E-state index is 13.3. The van der Waals surface area contributed by atoms with Crippen LogP contribution in [0.2, 0.25) is 0 Å². The van der Waals surface area contributed by atoms with E-state index >= 15 is 0 Å². The van der Waals surface area contributed by atoms with E-state index in [1.807, 2.05) is 13.8 Å². The van der Waals surface area contributed by atoms with Gasteiger partial charge in [0.05, 0.1) is 10.9 Å². The van der Waals surface area contributed by atoms with Crippen molar-refractivity contribution < 1.29 is 22.7 Å². The number of nitrogens with zero attached hydrogens (tertiary/aromatic N) is 2. The zero-order valence-corrected chi connectivity index (χ0v) is 17.4. The first-order chi connectivity index (χ1) is 14.2. The number of hydrogen-bond acceptors (Lipinski definition) is 4. The number of carbonyl (C=O) groups is 1. The molecule has 8 heteroatoms. The number of aliphatic hydroxyl groups is 1. The van der Waals surface area contributed by atoms with E-state index in [0.717, 1.165) is 0 Å². The molecule has 1 amide bonds. The quantitative estimate of drug-likeness (QED) is 0.789. The van der Waals surface area contributed by atoms with Gasteiger partial charge in [0.1, 0.15) is 22.9 Å². The maximum atomic E-state index is 13.3. The molecule has 0 radical (unpaired) electrons. The van der Waals surface area contributed by atoms with E-state index in [9.17, 15) is 22.7 Å². The molecule has 4 rings (SSSR count). The second kappa shape index (κ2) is 7.36. The van der Waals surface area contributed by atoms with Crippen molar-refractivity contribution in [3.63, 3.8) is 0 Å². The molecule has 30 heavy (non-hydrogen) atoms. The number of aliphatic hydroxyl groups excluding tert-OH is 1. The van der Waals surface area contributed by atoms with Crippen LogP contribution in [0.25, 0.3) is 0 Å². The molecule has 1 N–H and O–H groups in total. The molecule has 1 atom stereocenters. The molecule has 0 saturated carbocycles. The highest BCUT2D eigenvalue weighted by atomic mass is 32.2. The van der Waals surface area contributed by atoms with Gasteiger partial charge in [-0.15, -0.1) is 0 Å². The summed E-state index contributed by atoms with van der Waals surface area (Å²) < 4.78 is 42.0. The van der Waals surface area contributed by atoms with Gasteiger partial charge in [0.2, 0.25) is 0 Å². The minimum absolute atomic E-state index is 0.0190. The van der Waals surface area contributed by atoms with Crippen LogP contribution < -0.4 is 0 Å². The van der Waals surface area contributed by atoms with Crippen LogP contribution in [-0.2, 0) is 21.4 Å². The third-order valence-corrected chi connectivity index (χ3v) is 6.59. The predicted octanol–water partition coefficient (Wildman–Crippen LogP) is 3.59. The molecule has 0 saturated heterocycles. The van der Waals surface area contributed by atoms with Crippen molar-refractivity contribution in [1.82, 2.24) is 4.90 Å². The van der Waals surface area contributed by atoms with Gasteiger partial charge in [-0.1, -0.05) is 44.2 Å². The Kier molecular flexibility index (Phi) is 4.97. The topological polar surface area (TPSA) is 87.0 Å². The number of fused-ring (bicyclic) bond motifs is 1. The molecular weight excluding hydrogens is 407 g/mol. The number of amides is 1. The third kappa shape index (κ3) is 3.41. The Morgan fingerprint density at radius 1 is 1.13 bits per heavy atom. The first kappa shape index (κ1) is 20.3. The lowest BCUT2D eigenvalue weighted by molar-refractivity contribution is -0.127. The van der Waals surface area contributed by atoms with Crippen LogP contribution in [0.3, 0.4) is 0 Å². The zero-order chi connectivity index (χ0) is 21.6. The molecule has 2 heterocycles. The molecule has 2 aromatic carbocycles. The zero-order valence-electron chi connectivity index (χ0n) is 16.5. The summed E-state index contributed by atoms with van der Waals surface area (Å²) in [6.07, 6.45) is 0.490. The van der Waals surface area contributed by atoms with Crippen LogP contribution in [-0.4, -0.2) is 36.1 Å². The molecular formula is C22H21FN2O4S. The van der Waals surface area contributed by atoms with Gasteiger partial charge in [-0.2, -0.15) is 12.8 Å². The molecule has 0 spiro atoms. The summed E-state index contributed by atoms with van der Waals surface area (Å²) in [7, 11) is -3.93. The number of rotatable bonds is 5. The first-order valence-electron chi connectivity index (χ1n) is 9.62. The van der Waals surface area contributed by atoms with Crippen LogP contribution in [0.5, 0.6) is 0 Å². The van der Waals surface area contributed by atoms with Crippen molar-refractivity contribution in [3.05, 3.63) is 76.8 Å².